The number of nitrogens with one attached hydrogen (secondary N) is 1. The van der Waals surface area contributed by atoms with Gasteiger partial charge in [-0.25, -0.2) is 0 Å². The molecule has 0 bridgehead atoms. The fourth-order valence-corrected chi connectivity index (χ4v) is 2.21. The summed E-state index contributed by atoms with van der Waals surface area (Å²) in [6, 6.07) is 0.789. The summed E-state index contributed by atoms with van der Waals surface area (Å²) in [6.45, 7) is 8.40. The minimum atomic E-state index is 0.789. The van der Waals surface area contributed by atoms with Crippen LogP contribution in [0, 0.1) is 5.92 Å². The maximum absolute atomic E-state index is 3.28. The van der Waals surface area contributed by atoms with Crippen LogP contribution in [0.2, 0.25) is 0 Å². The first-order chi connectivity index (χ1) is 5.79. The highest BCUT2D eigenvalue weighted by Crippen LogP contribution is 2.23. The predicted octanol–water partition coefficient (Wildman–Crippen LogP) is 1.33. The summed E-state index contributed by atoms with van der Waals surface area (Å²) in [7, 11) is 2.05. The molecule has 2 heteroatoms. The average molecular weight is 170 g/mol. The highest BCUT2D eigenvalue weighted by Gasteiger charge is 2.28. The Bertz CT molecular complexity index is 111. The van der Waals surface area contributed by atoms with Crippen molar-refractivity contribution < 1.29 is 0 Å². The zero-order valence-electron chi connectivity index (χ0n) is 8.64. The van der Waals surface area contributed by atoms with Crippen LogP contribution in [0.4, 0.5) is 0 Å². The second kappa shape index (κ2) is 4.83. The van der Waals surface area contributed by atoms with E-state index in [2.05, 4.69) is 31.1 Å². The van der Waals surface area contributed by atoms with Gasteiger partial charge < -0.3 is 10.2 Å². The highest BCUT2D eigenvalue weighted by atomic mass is 15.2. The van der Waals surface area contributed by atoms with Gasteiger partial charge in [-0.15, -0.1) is 0 Å². The smallest absolute Gasteiger partial charge is 0.0108 e. The van der Waals surface area contributed by atoms with Gasteiger partial charge in [0.05, 0.1) is 0 Å². The summed E-state index contributed by atoms with van der Waals surface area (Å²) < 4.78 is 0. The molecule has 0 spiro atoms. The lowest BCUT2D eigenvalue weighted by Gasteiger charge is -2.23. The van der Waals surface area contributed by atoms with Crippen molar-refractivity contribution in [1.29, 1.82) is 0 Å². The summed E-state index contributed by atoms with van der Waals surface area (Å²) in [4.78, 5) is 2.61. The van der Waals surface area contributed by atoms with Gasteiger partial charge in [0.25, 0.3) is 0 Å². The van der Waals surface area contributed by atoms with Crippen LogP contribution in [0.15, 0.2) is 0 Å². The first kappa shape index (κ1) is 10.0. The zero-order valence-corrected chi connectivity index (χ0v) is 8.64. The molecule has 1 heterocycles. The van der Waals surface area contributed by atoms with E-state index in [1.165, 1.54) is 32.5 Å². The molecular weight excluding hydrogens is 148 g/mol. The van der Waals surface area contributed by atoms with Crippen molar-refractivity contribution in [2.75, 3.05) is 26.7 Å². The molecule has 0 radical (unpaired) electrons. The largest absolute Gasteiger partial charge is 0.319 e. The van der Waals surface area contributed by atoms with Crippen molar-refractivity contribution in [2.45, 2.75) is 32.7 Å². The summed E-state index contributed by atoms with van der Waals surface area (Å²) >= 11 is 0. The number of likely N-dealkylation sites (tertiary alicyclic amines) is 1. The molecular formula is C10H22N2. The molecule has 1 saturated heterocycles. The quantitative estimate of drug-likeness (QED) is 0.684. The highest BCUT2D eigenvalue weighted by molar-refractivity contribution is 4.84. The summed E-state index contributed by atoms with van der Waals surface area (Å²) in [5.74, 6) is 0.876. The first-order valence-corrected chi connectivity index (χ1v) is 5.18. The second-order valence-corrected chi connectivity index (χ2v) is 3.88. The molecule has 1 aliphatic rings. The third kappa shape index (κ3) is 2.20. The van der Waals surface area contributed by atoms with Gasteiger partial charge in [0.1, 0.15) is 0 Å². The maximum atomic E-state index is 3.28. The van der Waals surface area contributed by atoms with Crippen LogP contribution in [0.1, 0.15) is 26.7 Å². The average Bonchev–Trinajstić information content (AvgIpc) is 2.38. The molecule has 1 fully saturated rings. The van der Waals surface area contributed by atoms with E-state index in [4.69, 9.17) is 0 Å². The summed E-state index contributed by atoms with van der Waals surface area (Å²) in [5, 5.41) is 3.28. The fraction of sp³-hybridized carbons (Fsp3) is 1.00. The molecule has 0 saturated carbocycles. The molecule has 1 aliphatic heterocycles. The normalized spacial score (nSPS) is 31.2. The van der Waals surface area contributed by atoms with Crippen molar-refractivity contribution in [3.8, 4) is 0 Å². The molecule has 72 valence electrons. The van der Waals surface area contributed by atoms with E-state index in [1.54, 1.807) is 0 Å². The van der Waals surface area contributed by atoms with E-state index in [-0.39, 0.29) is 0 Å². The molecule has 2 unspecified atom stereocenters. The third-order valence-electron chi connectivity index (χ3n) is 3.02. The topological polar surface area (TPSA) is 15.3 Å². The minimum Gasteiger partial charge on any atom is -0.319 e. The SMILES string of the molecule is CCCN1CCC(CNC)C1C. The lowest BCUT2D eigenvalue weighted by atomic mass is 10.0. The summed E-state index contributed by atoms with van der Waals surface area (Å²) in [5.41, 5.74) is 0. The van der Waals surface area contributed by atoms with Gasteiger partial charge in [-0.05, 0) is 52.4 Å². The van der Waals surface area contributed by atoms with Crippen LogP contribution < -0.4 is 5.32 Å². The molecule has 2 nitrogen and oxygen atoms in total. The van der Waals surface area contributed by atoms with Crippen molar-refractivity contribution in [2.24, 2.45) is 5.92 Å². The minimum absolute atomic E-state index is 0.789. The molecule has 1 N–H and O–H groups in total. The molecule has 1 rings (SSSR count). The van der Waals surface area contributed by atoms with Gasteiger partial charge in [0.2, 0.25) is 0 Å². The molecule has 0 amide bonds. The predicted molar refractivity (Wildman–Crippen MR) is 53.4 cm³/mol. The van der Waals surface area contributed by atoms with Gasteiger partial charge >= 0.3 is 0 Å². The Balaban J connectivity index is 2.32. The number of nitrogens with zero attached hydrogens (tertiary/aromatic N) is 1. The van der Waals surface area contributed by atoms with Gasteiger partial charge in [-0.1, -0.05) is 6.92 Å². The number of hydrogen-bond acceptors (Lipinski definition) is 2. The van der Waals surface area contributed by atoms with E-state index in [0.717, 1.165) is 12.0 Å². The monoisotopic (exact) mass is 170 g/mol. The molecule has 12 heavy (non-hydrogen) atoms. The van der Waals surface area contributed by atoms with Gasteiger partial charge in [-0.2, -0.15) is 0 Å². The molecule has 0 aromatic carbocycles. The van der Waals surface area contributed by atoms with Crippen molar-refractivity contribution in [3.05, 3.63) is 0 Å². The Labute approximate surface area is 76.3 Å². The van der Waals surface area contributed by atoms with E-state index >= 15 is 0 Å². The fourth-order valence-electron chi connectivity index (χ4n) is 2.21. The van der Waals surface area contributed by atoms with Gasteiger partial charge in [0.15, 0.2) is 0 Å². The van der Waals surface area contributed by atoms with Crippen LogP contribution in [-0.2, 0) is 0 Å². The standard InChI is InChI=1S/C10H22N2/c1-4-6-12-7-5-10(8-11-3)9(12)2/h9-11H,4-8H2,1-3H3. The Kier molecular flexibility index (Phi) is 4.02. The molecule has 0 aromatic rings. The van der Waals surface area contributed by atoms with E-state index < -0.39 is 0 Å². The Hall–Kier alpha value is -0.0800. The lowest BCUT2D eigenvalue weighted by molar-refractivity contribution is 0.241. The van der Waals surface area contributed by atoms with Crippen molar-refractivity contribution >= 4 is 0 Å². The Morgan fingerprint density at radius 2 is 2.25 bits per heavy atom. The molecule has 2 atom stereocenters. The number of rotatable bonds is 4. The van der Waals surface area contributed by atoms with Crippen LogP contribution in [0.25, 0.3) is 0 Å². The van der Waals surface area contributed by atoms with E-state index in [9.17, 15) is 0 Å². The summed E-state index contributed by atoms with van der Waals surface area (Å²) in [6.07, 6.45) is 2.67. The van der Waals surface area contributed by atoms with Gasteiger partial charge in [-0.3, -0.25) is 0 Å². The zero-order chi connectivity index (χ0) is 8.97. The second-order valence-electron chi connectivity index (χ2n) is 3.88. The van der Waals surface area contributed by atoms with Crippen LogP contribution in [-0.4, -0.2) is 37.6 Å². The van der Waals surface area contributed by atoms with Crippen molar-refractivity contribution in [1.82, 2.24) is 10.2 Å². The third-order valence-corrected chi connectivity index (χ3v) is 3.02. The van der Waals surface area contributed by atoms with Crippen LogP contribution in [0.3, 0.4) is 0 Å². The van der Waals surface area contributed by atoms with Crippen LogP contribution in [0.5, 0.6) is 0 Å². The van der Waals surface area contributed by atoms with Gasteiger partial charge in [0, 0.05) is 6.04 Å². The molecule has 0 aromatic heterocycles. The molecule has 0 aliphatic carbocycles. The van der Waals surface area contributed by atoms with E-state index in [0.29, 0.717) is 0 Å². The first-order valence-electron chi connectivity index (χ1n) is 5.18. The lowest BCUT2D eigenvalue weighted by Crippen LogP contribution is -2.33. The Morgan fingerprint density at radius 3 is 2.83 bits per heavy atom. The number of hydrogen-bond donors (Lipinski definition) is 1. The maximum Gasteiger partial charge on any atom is 0.0108 e. The van der Waals surface area contributed by atoms with E-state index in [1.807, 2.05) is 0 Å². The van der Waals surface area contributed by atoms with Crippen LogP contribution >= 0.6 is 0 Å². The Morgan fingerprint density at radius 1 is 1.50 bits per heavy atom. The van der Waals surface area contributed by atoms with Crippen molar-refractivity contribution in [3.63, 3.8) is 0 Å².